The summed E-state index contributed by atoms with van der Waals surface area (Å²) in [5, 5.41) is 0. The average molecular weight is 741 g/mol. The van der Waals surface area contributed by atoms with Gasteiger partial charge in [0.25, 0.3) is 0 Å². The second-order valence-corrected chi connectivity index (χ2v) is 21.1. The predicted molar refractivity (Wildman–Crippen MR) is 235 cm³/mol. The first-order chi connectivity index (χ1) is 25.5. The van der Waals surface area contributed by atoms with E-state index in [4.69, 9.17) is 0 Å². The van der Waals surface area contributed by atoms with Crippen LogP contribution >= 0.6 is 23.5 Å². The Labute approximate surface area is 330 Å². The number of nitrogens with zero attached hydrogens (tertiary/aromatic N) is 2. The molecule has 2 nitrogen and oxygen atoms in total. The van der Waals surface area contributed by atoms with E-state index in [1.165, 1.54) is 107 Å². The fourth-order valence-corrected chi connectivity index (χ4v) is 10.2. The summed E-state index contributed by atoms with van der Waals surface area (Å²) in [6.45, 7) is 14.2. The Morgan fingerprint density at radius 2 is 1.11 bits per heavy atom. The molecular formula is C48H61BN2S2. The van der Waals surface area contributed by atoms with Gasteiger partial charge in [-0.2, -0.15) is 0 Å². The van der Waals surface area contributed by atoms with Crippen LogP contribution in [-0.2, 0) is 6.42 Å². The largest absolute Gasteiger partial charge is 0.303 e. The topological polar surface area (TPSA) is 17.8 Å². The maximum absolute atomic E-state index is 4.37. The molecule has 2 aliphatic carbocycles. The van der Waals surface area contributed by atoms with E-state index in [2.05, 4.69) is 154 Å². The summed E-state index contributed by atoms with van der Waals surface area (Å²) in [7, 11) is 0. The zero-order chi connectivity index (χ0) is 37.3. The molecule has 4 aromatic carbocycles. The highest BCUT2D eigenvalue weighted by atomic mass is 32.2. The number of hydrogen-bond donors (Lipinski definition) is 0. The van der Waals surface area contributed by atoms with Crippen LogP contribution in [0.1, 0.15) is 128 Å². The molecule has 2 fully saturated rings. The van der Waals surface area contributed by atoms with Gasteiger partial charge in [0.15, 0.2) is 0 Å². The van der Waals surface area contributed by atoms with Gasteiger partial charge in [-0.05, 0) is 66.3 Å². The monoisotopic (exact) mass is 740 g/mol. The van der Waals surface area contributed by atoms with Crippen molar-refractivity contribution in [1.82, 2.24) is 9.55 Å². The van der Waals surface area contributed by atoms with Crippen LogP contribution in [0.2, 0.25) is 5.82 Å². The van der Waals surface area contributed by atoms with Gasteiger partial charge < -0.3 is 4.57 Å². The molecule has 0 saturated heterocycles. The number of imidazole rings is 1. The van der Waals surface area contributed by atoms with Crippen molar-refractivity contribution in [2.24, 2.45) is 0 Å². The summed E-state index contributed by atoms with van der Waals surface area (Å²) < 4.78 is 2.72. The van der Waals surface area contributed by atoms with Crippen molar-refractivity contribution >= 4 is 41.2 Å². The van der Waals surface area contributed by atoms with Crippen LogP contribution in [-0.4, -0.2) is 25.8 Å². The summed E-state index contributed by atoms with van der Waals surface area (Å²) in [5.74, 6) is 1.53. The van der Waals surface area contributed by atoms with Gasteiger partial charge in [-0.25, -0.2) is 4.98 Å². The number of hydrogen-bond acceptors (Lipinski definition) is 3. The van der Waals surface area contributed by atoms with E-state index < -0.39 is 0 Å². The van der Waals surface area contributed by atoms with E-state index in [0.29, 0.717) is 6.71 Å². The molecule has 5 aromatic rings. The first kappa shape index (κ1) is 39.5. The molecule has 0 bridgehead atoms. The van der Waals surface area contributed by atoms with Crippen LogP contribution in [0.4, 0.5) is 0 Å². The lowest BCUT2D eigenvalue weighted by atomic mass is 9.32. The molecule has 1 heterocycles. The Bertz CT molecular complexity index is 1750. The molecule has 0 N–H and O–H groups in total. The van der Waals surface area contributed by atoms with Gasteiger partial charge in [-0.3, -0.25) is 0 Å². The van der Waals surface area contributed by atoms with Gasteiger partial charge >= 0.3 is 0 Å². The fourth-order valence-electron chi connectivity index (χ4n) is 8.23. The molecule has 1 aromatic heterocycles. The molecular weight excluding hydrogens is 679 g/mol. The van der Waals surface area contributed by atoms with E-state index >= 15 is 0 Å². The van der Waals surface area contributed by atoms with Gasteiger partial charge in [0, 0.05) is 43.3 Å². The van der Waals surface area contributed by atoms with Crippen LogP contribution in [0.3, 0.4) is 0 Å². The summed E-state index contributed by atoms with van der Waals surface area (Å²) in [4.78, 5) is 7.12. The van der Waals surface area contributed by atoms with Crippen LogP contribution in [0.5, 0.6) is 0 Å². The van der Waals surface area contributed by atoms with E-state index in [9.17, 15) is 0 Å². The van der Waals surface area contributed by atoms with Crippen molar-refractivity contribution in [3.63, 3.8) is 0 Å². The fraction of sp³-hybridized carbons (Fsp3) is 0.438. The second kappa shape index (κ2) is 18.5. The molecule has 0 amide bonds. The number of aromatic nitrogens is 2. The molecule has 0 unspecified atom stereocenters. The SMILES string of the molecule is CC(C)(C)Sc1ccc(B(c2ccc(SC(C)(C)C)cc2)C2CCCCC2)cc1.c1ccc(Cc2cncn2-c2ccc(C3CCCCC3)cc2)cc1. The summed E-state index contributed by atoms with van der Waals surface area (Å²) >= 11 is 3.91. The highest BCUT2D eigenvalue weighted by Gasteiger charge is 2.30. The first-order valence-electron chi connectivity index (χ1n) is 20.2. The Morgan fingerprint density at radius 1 is 0.604 bits per heavy atom. The zero-order valence-electron chi connectivity index (χ0n) is 33.2. The third-order valence-corrected chi connectivity index (χ3v) is 12.9. The van der Waals surface area contributed by atoms with Crippen molar-refractivity contribution in [2.75, 3.05) is 0 Å². The molecule has 2 saturated carbocycles. The molecule has 7 rings (SSSR count). The Balaban J connectivity index is 0.000000184. The van der Waals surface area contributed by atoms with Gasteiger partial charge in [-0.15, -0.1) is 23.5 Å². The predicted octanol–water partition coefficient (Wildman–Crippen LogP) is 12.9. The molecule has 0 spiro atoms. The Hall–Kier alpha value is -3.15. The van der Waals surface area contributed by atoms with Crippen LogP contribution in [0.25, 0.3) is 5.69 Å². The smallest absolute Gasteiger partial charge is 0.212 e. The quantitative estimate of drug-likeness (QED) is 0.111. The van der Waals surface area contributed by atoms with E-state index in [0.717, 1.165) is 18.2 Å². The molecule has 278 valence electrons. The Morgan fingerprint density at radius 3 is 1.62 bits per heavy atom. The third kappa shape index (κ3) is 11.9. The lowest BCUT2D eigenvalue weighted by molar-refractivity contribution is 0.443. The van der Waals surface area contributed by atoms with Crippen molar-refractivity contribution in [1.29, 1.82) is 0 Å². The average Bonchev–Trinajstić information content (AvgIpc) is 3.61. The van der Waals surface area contributed by atoms with E-state index in [-0.39, 0.29) is 9.49 Å². The molecule has 0 aliphatic heterocycles. The van der Waals surface area contributed by atoms with Gasteiger partial charge in [-0.1, -0.05) is 176 Å². The number of thioether (sulfide) groups is 2. The van der Waals surface area contributed by atoms with Crippen molar-refractivity contribution < 1.29 is 0 Å². The summed E-state index contributed by atoms with van der Waals surface area (Å²) in [6.07, 6.45) is 18.6. The lowest BCUT2D eigenvalue weighted by Crippen LogP contribution is -2.46. The highest BCUT2D eigenvalue weighted by molar-refractivity contribution is 8.00. The van der Waals surface area contributed by atoms with E-state index in [1.807, 2.05) is 36.0 Å². The standard InChI is InChI=1S/C26H37BS2.C22H24N2/c1-25(2,3)28-23-16-12-21(13-17-23)27(20-10-8-7-9-11-20)22-14-18-24(19-15-22)29-26(4,5)6;1-3-7-18(8-4-1)15-22-16-23-17-24(22)21-13-11-20(12-14-21)19-9-5-2-6-10-19/h12-20H,7-11H2,1-6H3;1,3-4,7-8,11-14,16-17,19H,2,5-6,9-10,15H2. The number of benzene rings is 4. The minimum absolute atomic E-state index is 0.255. The van der Waals surface area contributed by atoms with Gasteiger partial charge in [0.1, 0.15) is 0 Å². The number of rotatable bonds is 9. The normalized spacial score (nSPS) is 15.8. The second-order valence-electron chi connectivity index (χ2n) is 17.3. The summed E-state index contributed by atoms with van der Waals surface area (Å²) in [6, 6.07) is 38.6. The van der Waals surface area contributed by atoms with Crippen LogP contribution in [0, 0.1) is 0 Å². The molecule has 53 heavy (non-hydrogen) atoms. The summed E-state index contributed by atoms with van der Waals surface area (Å²) in [5.41, 5.74) is 8.24. The van der Waals surface area contributed by atoms with E-state index in [1.54, 1.807) is 0 Å². The molecule has 0 atom stereocenters. The Kier molecular flexibility index (Phi) is 13.8. The highest BCUT2D eigenvalue weighted by Crippen LogP contribution is 2.35. The first-order valence-corrected chi connectivity index (χ1v) is 21.9. The maximum atomic E-state index is 4.37. The minimum atomic E-state index is 0.255. The third-order valence-electron chi connectivity index (χ3n) is 10.6. The van der Waals surface area contributed by atoms with Crippen LogP contribution in [0.15, 0.2) is 125 Å². The lowest BCUT2D eigenvalue weighted by Gasteiger charge is -2.29. The minimum Gasteiger partial charge on any atom is -0.303 e. The molecule has 0 radical (unpaired) electrons. The van der Waals surface area contributed by atoms with Gasteiger partial charge in [0.05, 0.1) is 6.33 Å². The van der Waals surface area contributed by atoms with Gasteiger partial charge in [0.2, 0.25) is 6.71 Å². The van der Waals surface area contributed by atoms with Crippen molar-refractivity contribution in [3.05, 3.63) is 132 Å². The molecule has 2 aliphatic rings. The van der Waals surface area contributed by atoms with Crippen molar-refractivity contribution in [2.45, 2.75) is 143 Å². The van der Waals surface area contributed by atoms with Crippen LogP contribution < -0.4 is 10.9 Å². The zero-order valence-corrected chi connectivity index (χ0v) is 34.8. The molecule has 5 heteroatoms. The van der Waals surface area contributed by atoms with Crippen molar-refractivity contribution in [3.8, 4) is 5.69 Å². The maximum Gasteiger partial charge on any atom is 0.212 e.